The number of hydrogen-bond donors (Lipinski definition) is 1. The minimum absolute atomic E-state index is 0. The van der Waals surface area contributed by atoms with E-state index in [4.69, 9.17) is 0 Å². The molecule has 1 aliphatic rings. The van der Waals surface area contributed by atoms with Crippen molar-refractivity contribution in [3.05, 3.63) is 29.8 Å². The predicted molar refractivity (Wildman–Crippen MR) is 105 cm³/mol. The molecule has 0 saturated carbocycles. The first-order valence-corrected chi connectivity index (χ1v) is 9.72. The molecule has 1 saturated heterocycles. The summed E-state index contributed by atoms with van der Waals surface area (Å²) in [7, 11) is -3.12. The lowest BCUT2D eigenvalue weighted by molar-refractivity contribution is 0.494. The molecule has 1 heterocycles. The summed E-state index contributed by atoms with van der Waals surface area (Å²) in [5.41, 5.74) is 1.11. The Kier molecular flexibility index (Phi) is 8.32. The summed E-state index contributed by atoms with van der Waals surface area (Å²) >= 11 is 0. The van der Waals surface area contributed by atoms with Gasteiger partial charge in [-0.15, -0.1) is 24.0 Å². The SMILES string of the molecule is CCNC(=NCCc1ccc(S(C)(=O)=O)cc1)N1CCCC1.I. The van der Waals surface area contributed by atoms with Gasteiger partial charge in [-0.3, -0.25) is 4.99 Å². The average Bonchev–Trinajstić information content (AvgIpc) is 3.00. The Balaban J connectivity index is 0.00000264. The Hall–Kier alpha value is -0.830. The maximum Gasteiger partial charge on any atom is 0.193 e. The van der Waals surface area contributed by atoms with Crippen molar-refractivity contribution in [1.29, 1.82) is 0 Å². The smallest absolute Gasteiger partial charge is 0.193 e. The fourth-order valence-corrected chi connectivity index (χ4v) is 3.18. The van der Waals surface area contributed by atoms with Gasteiger partial charge in [0.1, 0.15) is 0 Å². The van der Waals surface area contributed by atoms with Crippen LogP contribution >= 0.6 is 24.0 Å². The van der Waals surface area contributed by atoms with Crippen LogP contribution in [0.3, 0.4) is 0 Å². The van der Waals surface area contributed by atoms with Gasteiger partial charge in [-0.1, -0.05) is 12.1 Å². The molecule has 7 heteroatoms. The normalized spacial score (nSPS) is 15.4. The van der Waals surface area contributed by atoms with Gasteiger partial charge in [0, 0.05) is 32.4 Å². The number of aliphatic imine (C=N–C) groups is 1. The molecule has 1 fully saturated rings. The van der Waals surface area contributed by atoms with Crippen LogP contribution in [0.25, 0.3) is 0 Å². The van der Waals surface area contributed by atoms with Crippen LogP contribution in [0, 0.1) is 0 Å². The van der Waals surface area contributed by atoms with E-state index in [0.29, 0.717) is 11.4 Å². The van der Waals surface area contributed by atoms with E-state index in [0.717, 1.165) is 37.6 Å². The average molecular weight is 451 g/mol. The molecule has 0 radical (unpaired) electrons. The number of benzene rings is 1. The zero-order valence-electron chi connectivity index (χ0n) is 13.8. The molecule has 130 valence electrons. The second-order valence-corrected chi connectivity index (χ2v) is 7.61. The summed E-state index contributed by atoms with van der Waals surface area (Å²) in [5, 5.41) is 3.34. The fraction of sp³-hybridized carbons (Fsp3) is 0.562. The highest BCUT2D eigenvalue weighted by molar-refractivity contribution is 14.0. The standard InChI is InChI=1S/C16H25N3O2S.HI/c1-3-17-16(19-12-4-5-13-19)18-11-10-14-6-8-15(9-7-14)22(2,20)21;/h6-9H,3-5,10-13H2,1-2H3,(H,17,18);1H. The lowest BCUT2D eigenvalue weighted by atomic mass is 10.1. The van der Waals surface area contributed by atoms with Crippen molar-refractivity contribution in [1.82, 2.24) is 10.2 Å². The van der Waals surface area contributed by atoms with Crippen LogP contribution in [-0.4, -0.2) is 51.7 Å². The largest absolute Gasteiger partial charge is 0.357 e. The highest BCUT2D eigenvalue weighted by Crippen LogP contribution is 2.11. The summed E-state index contributed by atoms with van der Waals surface area (Å²) in [6.07, 6.45) is 4.51. The first-order valence-electron chi connectivity index (χ1n) is 7.83. The lowest BCUT2D eigenvalue weighted by Gasteiger charge is -2.20. The van der Waals surface area contributed by atoms with Crippen molar-refractivity contribution < 1.29 is 8.42 Å². The number of nitrogens with zero attached hydrogens (tertiary/aromatic N) is 2. The molecule has 1 aromatic rings. The third kappa shape index (κ3) is 6.29. The van der Waals surface area contributed by atoms with Crippen molar-refractivity contribution in [3.8, 4) is 0 Å². The van der Waals surface area contributed by atoms with Crippen LogP contribution in [0.5, 0.6) is 0 Å². The van der Waals surface area contributed by atoms with Crippen molar-refractivity contribution in [2.75, 3.05) is 32.4 Å². The van der Waals surface area contributed by atoms with E-state index in [9.17, 15) is 8.42 Å². The Morgan fingerprint density at radius 1 is 1.22 bits per heavy atom. The molecule has 0 aliphatic carbocycles. The lowest BCUT2D eigenvalue weighted by Crippen LogP contribution is -2.39. The van der Waals surface area contributed by atoms with Gasteiger partial charge in [0.15, 0.2) is 15.8 Å². The fourth-order valence-electron chi connectivity index (χ4n) is 2.55. The zero-order valence-corrected chi connectivity index (χ0v) is 16.9. The van der Waals surface area contributed by atoms with Gasteiger partial charge >= 0.3 is 0 Å². The predicted octanol–water partition coefficient (Wildman–Crippen LogP) is 2.31. The van der Waals surface area contributed by atoms with Crippen LogP contribution in [-0.2, 0) is 16.3 Å². The van der Waals surface area contributed by atoms with E-state index in [1.165, 1.54) is 19.1 Å². The van der Waals surface area contributed by atoms with Gasteiger partial charge in [0.25, 0.3) is 0 Å². The van der Waals surface area contributed by atoms with E-state index in [2.05, 4.69) is 22.1 Å². The molecule has 0 bridgehead atoms. The van der Waals surface area contributed by atoms with Crippen LogP contribution in [0.2, 0.25) is 0 Å². The highest BCUT2D eigenvalue weighted by atomic mass is 127. The zero-order chi connectivity index (χ0) is 16.0. The van der Waals surface area contributed by atoms with Gasteiger partial charge < -0.3 is 10.2 Å². The summed E-state index contributed by atoms with van der Waals surface area (Å²) in [6, 6.07) is 7.07. The number of sulfone groups is 1. The number of rotatable bonds is 5. The van der Waals surface area contributed by atoms with Crippen molar-refractivity contribution in [2.45, 2.75) is 31.1 Å². The minimum atomic E-state index is -3.12. The third-order valence-corrected chi connectivity index (χ3v) is 4.88. The first-order chi connectivity index (χ1) is 10.5. The van der Waals surface area contributed by atoms with E-state index in [1.54, 1.807) is 12.1 Å². The highest BCUT2D eigenvalue weighted by Gasteiger charge is 2.15. The van der Waals surface area contributed by atoms with E-state index in [1.807, 2.05) is 12.1 Å². The minimum Gasteiger partial charge on any atom is -0.357 e. The van der Waals surface area contributed by atoms with Crippen LogP contribution in [0.4, 0.5) is 0 Å². The molecular weight excluding hydrogens is 425 g/mol. The maximum absolute atomic E-state index is 11.4. The topological polar surface area (TPSA) is 61.8 Å². The molecule has 0 spiro atoms. The molecule has 0 unspecified atom stereocenters. The molecule has 1 N–H and O–H groups in total. The number of halogens is 1. The van der Waals surface area contributed by atoms with Gasteiger partial charge in [-0.2, -0.15) is 0 Å². The molecule has 0 aromatic heterocycles. The number of likely N-dealkylation sites (tertiary alicyclic amines) is 1. The van der Waals surface area contributed by atoms with Gasteiger partial charge in [-0.05, 0) is 43.9 Å². The molecule has 5 nitrogen and oxygen atoms in total. The Labute approximate surface area is 156 Å². The Morgan fingerprint density at radius 2 is 1.83 bits per heavy atom. The second kappa shape index (κ2) is 9.46. The molecule has 23 heavy (non-hydrogen) atoms. The van der Waals surface area contributed by atoms with Gasteiger partial charge in [0.2, 0.25) is 0 Å². The second-order valence-electron chi connectivity index (χ2n) is 5.60. The molecular formula is C16H26IN3O2S. The Bertz CT molecular complexity index is 609. The molecule has 0 amide bonds. The van der Waals surface area contributed by atoms with Crippen molar-refractivity contribution in [3.63, 3.8) is 0 Å². The summed E-state index contributed by atoms with van der Waals surface area (Å²) in [5.74, 6) is 0.993. The number of hydrogen-bond acceptors (Lipinski definition) is 3. The Morgan fingerprint density at radius 3 is 2.35 bits per heavy atom. The van der Waals surface area contributed by atoms with Crippen LogP contribution < -0.4 is 5.32 Å². The van der Waals surface area contributed by atoms with Crippen LogP contribution in [0.15, 0.2) is 34.2 Å². The van der Waals surface area contributed by atoms with Crippen LogP contribution in [0.1, 0.15) is 25.3 Å². The summed E-state index contributed by atoms with van der Waals surface area (Å²) in [4.78, 5) is 7.34. The van der Waals surface area contributed by atoms with Gasteiger partial charge in [-0.25, -0.2) is 8.42 Å². The number of guanidine groups is 1. The summed E-state index contributed by atoms with van der Waals surface area (Å²) < 4.78 is 22.9. The third-order valence-electron chi connectivity index (χ3n) is 3.75. The molecule has 1 aliphatic heterocycles. The van der Waals surface area contributed by atoms with Crippen molar-refractivity contribution >= 4 is 39.8 Å². The summed E-state index contributed by atoms with van der Waals surface area (Å²) in [6.45, 7) is 5.81. The monoisotopic (exact) mass is 451 g/mol. The van der Waals surface area contributed by atoms with E-state index in [-0.39, 0.29) is 24.0 Å². The van der Waals surface area contributed by atoms with Gasteiger partial charge in [0.05, 0.1) is 4.90 Å². The van der Waals surface area contributed by atoms with Crippen molar-refractivity contribution in [2.24, 2.45) is 4.99 Å². The number of nitrogens with one attached hydrogen (secondary N) is 1. The maximum atomic E-state index is 11.4. The molecule has 1 aromatic carbocycles. The molecule has 2 rings (SSSR count). The molecule has 0 atom stereocenters. The quantitative estimate of drug-likeness (QED) is 0.424. The first kappa shape index (κ1) is 20.2. The van der Waals surface area contributed by atoms with E-state index < -0.39 is 9.84 Å². The van der Waals surface area contributed by atoms with E-state index >= 15 is 0 Å².